The highest BCUT2D eigenvalue weighted by molar-refractivity contribution is 6.14. The van der Waals surface area contributed by atoms with E-state index in [2.05, 4.69) is 143 Å². The fourth-order valence-electron chi connectivity index (χ4n) is 7.90. The summed E-state index contributed by atoms with van der Waals surface area (Å²) in [6, 6.07) is 43.3. The van der Waals surface area contributed by atoms with Gasteiger partial charge < -0.3 is 9.13 Å². The molecule has 3 nitrogen and oxygen atoms in total. The van der Waals surface area contributed by atoms with Crippen LogP contribution in [0.5, 0.6) is 0 Å². The van der Waals surface area contributed by atoms with Crippen LogP contribution in [0.2, 0.25) is 0 Å². The summed E-state index contributed by atoms with van der Waals surface area (Å²) >= 11 is 0. The first-order valence-electron chi connectivity index (χ1n) is 16.5. The van der Waals surface area contributed by atoms with Gasteiger partial charge >= 0.3 is 0 Å². The molecule has 3 heteroatoms. The monoisotopic (exact) mass is 603 g/mol. The summed E-state index contributed by atoms with van der Waals surface area (Å²) in [5, 5.41) is 13.3. The fraction of sp³-hybridized carbons (Fsp3) is 0.114. The minimum Gasteiger partial charge on any atom is -0.312 e. The zero-order valence-corrected chi connectivity index (χ0v) is 26.4. The van der Waals surface area contributed by atoms with Crippen molar-refractivity contribution >= 4 is 49.9 Å². The molecule has 0 fully saturated rings. The van der Waals surface area contributed by atoms with Gasteiger partial charge in [0, 0.05) is 44.4 Å². The van der Waals surface area contributed by atoms with Crippen LogP contribution >= 0.6 is 0 Å². The maximum absolute atomic E-state index is 9.40. The lowest BCUT2D eigenvalue weighted by atomic mass is 9.88. The number of rotatable bonds is 4. The molecule has 2 aliphatic rings. The van der Waals surface area contributed by atoms with Crippen molar-refractivity contribution in [1.82, 2.24) is 9.13 Å². The number of hydrogen-bond donors (Lipinski definition) is 0. The van der Waals surface area contributed by atoms with Crippen molar-refractivity contribution in [3.63, 3.8) is 0 Å². The highest BCUT2D eigenvalue weighted by Gasteiger charge is 2.24. The van der Waals surface area contributed by atoms with Gasteiger partial charge in [-0.15, -0.1) is 0 Å². The number of benzene rings is 5. The molecule has 9 rings (SSSR count). The Kier molecular flexibility index (Phi) is 6.37. The second kappa shape index (κ2) is 10.9. The number of nitrogens with zero attached hydrogens (tertiary/aromatic N) is 3. The Morgan fingerprint density at radius 2 is 1.34 bits per heavy atom. The van der Waals surface area contributed by atoms with Crippen LogP contribution in [0.25, 0.3) is 61.3 Å². The van der Waals surface area contributed by atoms with E-state index in [4.69, 9.17) is 0 Å². The Labute approximate surface area is 274 Å². The van der Waals surface area contributed by atoms with Crippen LogP contribution in [0.15, 0.2) is 133 Å². The van der Waals surface area contributed by atoms with Gasteiger partial charge in [-0.05, 0) is 97.8 Å². The van der Waals surface area contributed by atoms with E-state index in [0.717, 1.165) is 31.4 Å². The predicted octanol–water partition coefficient (Wildman–Crippen LogP) is 11.2. The quantitative estimate of drug-likeness (QED) is 0.197. The first-order valence-corrected chi connectivity index (χ1v) is 16.5. The summed E-state index contributed by atoms with van der Waals surface area (Å²) < 4.78 is 4.86. The molecule has 7 aromatic rings. The number of nitriles is 1. The van der Waals surface area contributed by atoms with E-state index in [1.165, 1.54) is 77.5 Å². The third kappa shape index (κ3) is 4.33. The highest BCUT2D eigenvalue weighted by atomic mass is 15.0. The molecule has 0 unspecified atom stereocenters. The largest absolute Gasteiger partial charge is 0.312 e. The molecular formula is C44H33N3. The Hall–Kier alpha value is -5.85. The third-order valence-corrected chi connectivity index (χ3v) is 10.0. The third-order valence-electron chi connectivity index (χ3n) is 10.0. The summed E-state index contributed by atoms with van der Waals surface area (Å²) in [6.07, 6.45) is 11.4. The Morgan fingerprint density at radius 3 is 2.19 bits per heavy atom. The van der Waals surface area contributed by atoms with Gasteiger partial charge in [-0.2, -0.15) is 5.26 Å². The van der Waals surface area contributed by atoms with Crippen LogP contribution in [0.4, 0.5) is 0 Å². The van der Waals surface area contributed by atoms with Gasteiger partial charge in [0.2, 0.25) is 0 Å². The zero-order valence-electron chi connectivity index (χ0n) is 26.4. The van der Waals surface area contributed by atoms with Gasteiger partial charge in [0.05, 0.1) is 28.2 Å². The van der Waals surface area contributed by atoms with Crippen molar-refractivity contribution in [3.8, 4) is 17.4 Å². The minimum absolute atomic E-state index is 0.669. The molecule has 0 bridgehead atoms. The molecule has 0 radical (unpaired) electrons. The number of aromatic nitrogens is 2. The average Bonchev–Trinajstić information content (AvgIpc) is 3.65. The van der Waals surface area contributed by atoms with Crippen LogP contribution in [-0.4, -0.2) is 9.13 Å². The van der Waals surface area contributed by atoms with Gasteiger partial charge in [0.1, 0.15) is 0 Å². The van der Waals surface area contributed by atoms with Crippen LogP contribution < -0.4 is 0 Å². The summed E-state index contributed by atoms with van der Waals surface area (Å²) in [5.74, 6) is 0. The maximum atomic E-state index is 9.40. The minimum atomic E-state index is 0.669. The fourth-order valence-corrected chi connectivity index (χ4v) is 7.90. The maximum Gasteiger partial charge on any atom is 0.0991 e. The molecule has 47 heavy (non-hydrogen) atoms. The lowest BCUT2D eigenvalue weighted by Crippen LogP contribution is -2.05. The van der Waals surface area contributed by atoms with E-state index < -0.39 is 0 Å². The van der Waals surface area contributed by atoms with Gasteiger partial charge in [-0.25, -0.2) is 0 Å². The molecule has 0 atom stereocenters. The molecule has 0 amide bonds. The Morgan fingerprint density at radius 1 is 0.617 bits per heavy atom. The number of fused-ring (bicyclic) bond motifs is 6. The van der Waals surface area contributed by atoms with Crippen molar-refractivity contribution in [1.29, 1.82) is 5.26 Å². The zero-order chi connectivity index (χ0) is 31.5. The van der Waals surface area contributed by atoms with Gasteiger partial charge in [0.25, 0.3) is 0 Å². The molecule has 2 aromatic heterocycles. The molecule has 224 valence electrons. The van der Waals surface area contributed by atoms with E-state index >= 15 is 0 Å². The molecule has 5 aromatic carbocycles. The molecule has 0 saturated heterocycles. The summed E-state index contributed by atoms with van der Waals surface area (Å²) in [5.41, 5.74) is 16.1. The average molecular weight is 604 g/mol. The number of para-hydroxylation sites is 3. The molecule has 2 heterocycles. The van der Waals surface area contributed by atoms with E-state index in [-0.39, 0.29) is 0 Å². The summed E-state index contributed by atoms with van der Waals surface area (Å²) in [4.78, 5) is 0. The molecule has 0 N–H and O–H groups in total. The second-order valence-electron chi connectivity index (χ2n) is 12.8. The van der Waals surface area contributed by atoms with E-state index in [9.17, 15) is 5.26 Å². The van der Waals surface area contributed by atoms with Gasteiger partial charge in [0.15, 0.2) is 0 Å². The summed E-state index contributed by atoms with van der Waals surface area (Å²) in [6.45, 7) is 2.26. The second-order valence-corrected chi connectivity index (χ2v) is 12.8. The predicted molar refractivity (Wildman–Crippen MR) is 196 cm³/mol. The number of hydrogen-bond acceptors (Lipinski definition) is 1. The van der Waals surface area contributed by atoms with Gasteiger partial charge in [-0.1, -0.05) is 90.5 Å². The van der Waals surface area contributed by atoms with Crippen molar-refractivity contribution in [2.24, 2.45) is 0 Å². The van der Waals surface area contributed by atoms with Gasteiger partial charge in [-0.3, -0.25) is 0 Å². The first kappa shape index (κ1) is 27.5. The summed E-state index contributed by atoms with van der Waals surface area (Å²) in [7, 11) is 0. The van der Waals surface area contributed by atoms with Crippen molar-refractivity contribution in [2.75, 3.05) is 0 Å². The van der Waals surface area contributed by atoms with Crippen molar-refractivity contribution in [3.05, 3.63) is 161 Å². The van der Waals surface area contributed by atoms with Crippen molar-refractivity contribution in [2.45, 2.75) is 32.6 Å². The SMILES string of the molecule is CC1=Cc2c(n(-c3ccccc3)c3c(C4=CCCC(c5cccc6c5c5ccccc5n6-c5ccc(C#N)cc5)=C4)cccc23)CC1. The Balaban J connectivity index is 1.25. The highest BCUT2D eigenvalue weighted by Crippen LogP contribution is 2.43. The topological polar surface area (TPSA) is 33.6 Å². The lowest BCUT2D eigenvalue weighted by Gasteiger charge is -2.19. The van der Waals surface area contributed by atoms with E-state index in [1.54, 1.807) is 0 Å². The Bertz CT molecular complexity index is 2510. The van der Waals surface area contributed by atoms with Crippen LogP contribution in [0, 0.1) is 11.3 Å². The standard InChI is InChI=1S/C44H33N3/c1-29-20-25-41-39(26-29)37-17-8-16-36(44(37)47(41)33-12-3-2-4-13-33)32-11-7-10-31(27-32)35-15-9-19-42-43(35)38-14-5-6-18-40(38)46(42)34-23-21-30(28-45)22-24-34/h2-6,8-9,11-19,21-24,26-27H,7,10,20,25H2,1H3. The molecule has 0 spiro atoms. The molecule has 0 saturated carbocycles. The smallest absolute Gasteiger partial charge is 0.0991 e. The molecule has 0 aliphatic heterocycles. The van der Waals surface area contributed by atoms with Crippen LogP contribution in [0.1, 0.15) is 54.1 Å². The molecular weight excluding hydrogens is 571 g/mol. The van der Waals surface area contributed by atoms with E-state index in [1.807, 2.05) is 12.1 Å². The first-order chi connectivity index (χ1) is 23.2. The van der Waals surface area contributed by atoms with Crippen LogP contribution in [0.3, 0.4) is 0 Å². The van der Waals surface area contributed by atoms with Crippen LogP contribution in [-0.2, 0) is 6.42 Å². The van der Waals surface area contributed by atoms with Crippen molar-refractivity contribution < 1.29 is 0 Å². The number of allylic oxidation sites excluding steroid dienone is 5. The van der Waals surface area contributed by atoms with E-state index in [0.29, 0.717) is 5.56 Å². The molecule has 2 aliphatic carbocycles. The normalized spacial score (nSPS) is 14.5. The lowest BCUT2D eigenvalue weighted by molar-refractivity contribution is 0.856.